The molecule has 0 bridgehead atoms. The van der Waals surface area contributed by atoms with Crippen LogP contribution >= 0.6 is 0 Å². The third-order valence-electron chi connectivity index (χ3n) is 5.06. The van der Waals surface area contributed by atoms with E-state index in [1.807, 2.05) is 0 Å². The summed E-state index contributed by atoms with van der Waals surface area (Å²) in [5.41, 5.74) is 0.301. The summed E-state index contributed by atoms with van der Waals surface area (Å²) in [6.07, 6.45) is 6.93. The third-order valence-corrected chi connectivity index (χ3v) is 6.33. The maximum absolute atomic E-state index is 11.8. The van der Waals surface area contributed by atoms with Crippen LogP contribution in [0.2, 0.25) is 0 Å². The van der Waals surface area contributed by atoms with Gasteiger partial charge in [-0.05, 0) is 43.4 Å². The quantitative estimate of drug-likeness (QED) is 0.748. The zero-order valence-corrected chi connectivity index (χ0v) is 15.3. The average Bonchev–Trinajstić information content (AvgIpc) is 2.43. The Morgan fingerprint density at radius 2 is 1.90 bits per heavy atom. The predicted molar refractivity (Wildman–Crippen MR) is 89.9 cm³/mol. The highest BCUT2D eigenvalue weighted by atomic mass is 32.2. The molecule has 0 aromatic heterocycles. The molecule has 0 amide bonds. The van der Waals surface area contributed by atoms with E-state index in [9.17, 15) is 8.42 Å². The highest BCUT2D eigenvalue weighted by molar-refractivity contribution is 7.88. The van der Waals surface area contributed by atoms with Gasteiger partial charge in [0, 0.05) is 25.7 Å². The second kappa shape index (κ2) is 7.93. The van der Waals surface area contributed by atoms with Gasteiger partial charge in [0.15, 0.2) is 0 Å². The van der Waals surface area contributed by atoms with Crippen LogP contribution in [0.15, 0.2) is 0 Å². The summed E-state index contributed by atoms with van der Waals surface area (Å²) < 4.78 is 25.2. The maximum atomic E-state index is 11.8. The van der Waals surface area contributed by atoms with Crippen molar-refractivity contribution in [3.63, 3.8) is 0 Å². The van der Waals surface area contributed by atoms with Crippen LogP contribution in [0.5, 0.6) is 0 Å². The van der Waals surface area contributed by atoms with Gasteiger partial charge in [-0.25, -0.2) is 12.7 Å². The fourth-order valence-electron chi connectivity index (χ4n) is 3.39. The van der Waals surface area contributed by atoms with E-state index in [1.54, 1.807) is 4.31 Å². The van der Waals surface area contributed by atoms with Gasteiger partial charge in [-0.1, -0.05) is 27.7 Å². The lowest BCUT2D eigenvalue weighted by Gasteiger charge is -2.39. The Bertz CT molecular complexity index is 403. The van der Waals surface area contributed by atoms with Crippen LogP contribution in [0.3, 0.4) is 0 Å². The molecule has 1 saturated heterocycles. The molecule has 1 N–H and O–H groups in total. The Balaban J connectivity index is 2.70. The molecule has 0 spiro atoms. The molecule has 0 aliphatic carbocycles. The van der Waals surface area contributed by atoms with Gasteiger partial charge in [0.1, 0.15) is 0 Å². The summed E-state index contributed by atoms with van der Waals surface area (Å²) in [6.45, 7) is 11.3. The van der Waals surface area contributed by atoms with Gasteiger partial charge in [0.25, 0.3) is 0 Å². The van der Waals surface area contributed by atoms with Gasteiger partial charge < -0.3 is 5.32 Å². The first-order valence-electron chi connectivity index (χ1n) is 8.41. The molecule has 0 radical (unpaired) electrons. The summed E-state index contributed by atoms with van der Waals surface area (Å²) >= 11 is 0. The minimum atomic E-state index is -3.04. The number of piperidine rings is 1. The zero-order valence-electron chi connectivity index (χ0n) is 14.5. The van der Waals surface area contributed by atoms with Gasteiger partial charge in [-0.15, -0.1) is 0 Å². The fraction of sp³-hybridized carbons (Fsp3) is 1.00. The standard InChI is InChI=1S/C16H34N2O2S/c1-6-16(7-2,13-17-14(3)4)11-15-9-8-10-18(12-15)21(5,19)20/h14-15,17H,6-13H2,1-5H3. The highest BCUT2D eigenvalue weighted by Crippen LogP contribution is 2.37. The van der Waals surface area contributed by atoms with Crippen molar-refractivity contribution in [1.82, 2.24) is 9.62 Å². The highest BCUT2D eigenvalue weighted by Gasteiger charge is 2.33. The van der Waals surface area contributed by atoms with Crippen LogP contribution in [0.25, 0.3) is 0 Å². The van der Waals surface area contributed by atoms with Crippen molar-refractivity contribution in [2.45, 2.75) is 65.8 Å². The molecule has 1 unspecified atom stereocenters. The third kappa shape index (κ3) is 5.87. The van der Waals surface area contributed by atoms with E-state index in [0.717, 1.165) is 38.6 Å². The van der Waals surface area contributed by atoms with Crippen molar-refractivity contribution >= 4 is 10.0 Å². The average molecular weight is 319 g/mol. The second-order valence-corrected chi connectivity index (χ2v) is 9.06. The fourth-order valence-corrected chi connectivity index (χ4v) is 4.33. The van der Waals surface area contributed by atoms with Crippen molar-refractivity contribution in [2.24, 2.45) is 11.3 Å². The minimum Gasteiger partial charge on any atom is -0.314 e. The minimum absolute atomic E-state index is 0.301. The molecule has 5 heteroatoms. The molecule has 4 nitrogen and oxygen atoms in total. The maximum Gasteiger partial charge on any atom is 0.211 e. The normalized spacial score (nSPS) is 21.9. The second-order valence-electron chi connectivity index (χ2n) is 7.08. The monoisotopic (exact) mass is 318 g/mol. The Kier molecular flexibility index (Phi) is 7.14. The van der Waals surface area contributed by atoms with Crippen LogP contribution in [0, 0.1) is 11.3 Å². The SMILES string of the molecule is CCC(CC)(CNC(C)C)CC1CCCN(S(C)(=O)=O)C1. The Morgan fingerprint density at radius 1 is 1.29 bits per heavy atom. The van der Waals surface area contributed by atoms with Gasteiger partial charge in [0.2, 0.25) is 10.0 Å². The van der Waals surface area contributed by atoms with Gasteiger partial charge >= 0.3 is 0 Å². The van der Waals surface area contributed by atoms with E-state index in [2.05, 4.69) is 33.0 Å². The summed E-state index contributed by atoms with van der Waals surface area (Å²) in [4.78, 5) is 0. The van der Waals surface area contributed by atoms with Crippen molar-refractivity contribution in [2.75, 3.05) is 25.9 Å². The molecule has 0 aromatic carbocycles. The number of nitrogens with zero attached hydrogens (tertiary/aromatic N) is 1. The summed E-state index contributed by atoms with van der Waals surface area (Å²) in [7, 11) is -3.04. The summed E-state index contributed by atoms with van der Waals surface area (Å²) in [5, 5.41) is 3.59. The molecule has 21 heavy (non-hydrogen) atoms. The largest absolute Gasteiger partial charge is 0.314 e. The first-order chi connectivity index (χ1) is 9.72. The molecular formula is C16H34N2O2S. The topological polar surface area (TPSA) is 49.4 Å². The molecule has 1 heterocycles. The molecule has 1 aliphatic heterocycles. The summed E-state index contributed by atoms with van der Waals surface area (Å²) in [5.74, 6) is 0.502. The van der Waals surface area contributed by atoms with Crippen molar-refractivity contribution in [3.05, 3.63) is 0 Å². The van der Waals surface area contributed by atoms with Crippen LogP contribution in [0.1, 0.15) is 59.8 Å². The van der Waals surface area contributed by atoms with Crippen LogP contribution < -0.4 is 5.32 Å². The molecule has 1 fully saturated rings. The molecule has 1 aliphatic rings. The van der Waals surface area contributed by atoms with E-state index in [1.165, 1.54) is 6.26 Å². The predicted octanol–water partition coefficient (Wildman–Crippen LogP) is 2.85. The molecule has 1 atom stereocenters. The molecule has 0 saturated carbocycles. The van der Waals surface area contributed by atoms with Crippen LogP contribution in [-0.2, 0) is 10.0 Å². The first-order valence-corrected chi connectivity index (χ1v) is 10.3. The molecule has 0 aromatic rings. The van der Waals surface area contributed by atoms with E-state index < -0.39 is 10.0 Å². The zero-order chi connectivity index (χ0) is 16.1. The van der Waals surface area contributed by atoms with Crippen LogP contribution in [0.4, 0.5) is 0 Å². The smallest absolute Gasteiger partial charge is 0.211 e. The van der Waals surface area contributed by atoms with E-state index in [4.69, 9.17) is 0 Å². The van der Waals surface area contributed by atoms with Gasteiger partial charge in [0.05, 0.1) is 6.26 Å². The first kappa shape index (κ1) is 18.9. The van der Waals surface area contributed by atoms with E-state index in [-0.39, 0.29) is 0 Å². The molecular weight excluding hydrogens is 284 g/mol. The lowest BCUT2D eigenvalue weighted by Crippen LogP contribution is -2.43. The Labute approximate surface area is 131 Å². The van der Waals surface area contributed by atoms with Gasteiger partial charge in [-0.3, -0.25) is 0 Å². The number of hydrogen-bond donors (Lipinski definition) is 1. The number of hydrogen-bond acceptors (Lipinski definition) is 3. The van der Waals surface area contributed by atoms with Crippen LogP contribution in [-0.4, -0.2) is 44.7 Å². The molecule has 1 rings (SSSR count). The lowest BCUT2D eigenvalue weighted by molar-refractivity contribution is 0.145. The number of rotatable bonds is 8. The number of nitrogens with one attached hydrogen (secondary N) is 1. The van der Waals surface area contributed by atoms with E-state index in [0.29, 0.717) is 30.5 Å². The van der Waals surface area contributed by atoms with Crippen molar-refractivity contribution in [3.8, 4) is 0 Å². The lowest BCUT2D eigenvalue weighted by atomic mass is 9.73. The van der Waals surface area contributed by atoms with Gasteiger partial charge in [-0.2, -0.15) is 0 Å². The van der Waals surface area contributed by atoms with Crippen molar-refractivity contribution < 1.29 is 8.42 Å². The van der Waals surface area contributed by atoms with Crippen molar-refractivity contribution in [1.29, 1.82) is 0 Å². The number of sulfonamides is 1. The Morgan fingerprint density at radius 3 is 2.38 bits per heavy atom. The molecule has 126 valence electrons. The Hall–Kier alpha value is -0.130. The van der Waals surface area contributed by atoms with E-state index >= 15 is 0 Å². The summed E-state index contributed by atoms with van der Waals surface area (Å²) in [6, 6.07) is 0.501.